The predicted molar refractivity (Wildman–Crippen MR) is 103 cm³/mol. The summed E-state index contributed by atoms with van der Waals surface area (Å²) in [6.07, 6.45) is 0. The van der Waals surface area contributed by atoms with Gasteiger partial charge < -0.3 is 10.3 Å². The van der Waals surface area contributed by atoms with Gasteiger partial charge in [0.15, 0.2) is 0 Å². The average Bonchev–Trinajstić information content (AvgIpc) is 2.95. The number of rotatable bonds is 3. The molecule has 0 aliphatic heterocycles. The highest BCUT2D eigenvalue weighted by molar-refractivity contribution is 6.32. The van der Waals surface area contributed by atoms with Gasteiger partial charge in [0.2, 0.25) is 5.91 Å². The molecule has 5 heteroatoms. The summed E-state index contributed by atoms with van der Waals surface area (Å²) in [5.41, 5.74) is 9.37. The van der Waals surface area contributed by atoms with E-state index < -0.39 is 5.91 Å². The zero-order valence-electron chi connectivity index (χ0n) is 13.7. The summed E-state index contributed by atoms with van der Waals surface area (Å²) in [6, 6.07) is 20.8. The molecular weight excluding hydrogens is 346 g/mol. The van der Waals surface area contributed by atoms with E-state index in [0.29, 0.717) is 22.7 Å². The second-order valence-electron chi connectivity index (χ2n) is 6.08. The van der Waals surface area contributed by atoms with Crippen molar-refractivity contribution in [2.75, 3.05) is 0 Å². The van der Waals surface area contributed by atoms with E-state index >= 15 is 0 Å². The monoisotopic (exact) mass is 359 g/mol. The Kier molecular flexibility index (Phi) is 3.87. The van der Waals surface area contributed by atoms with Gasteiger partial charge in [-0.3, -0.25) is 4.79 Å². The van der Waals surface area contributed by atoms with Crippen molar-refractivity contribution >= 4 is 39.3 Å². The predicted octanol–water partition coefficient (Wildman–Crippen LogP) is 4.47. The first-order chi connectivity index (χ1) is 12.6. The number of primary amides is 1. The molecule has 0 saturated heterocycles. The smallest absolute Gasteiger partial charge is 0.249 e. The molecule has 0 radical (unpaired) electrons. The van der Waals surface area contributed by atoms with Crippen molar-refractivity contribution in [2.45, 2.75) is 6.54 Å². The molecule has 0 aliphatic carbocycles. The summed E-state index contributed by atoms with van der Waals surface area (Å²) >= 11 is 6.22. The Morgan fingerprint density at radius 2 is 1.88 bits per heavy atom. The van der Waals surface area contributed by atoms with E-state index in [0.717, 1.165) is 27.4 Å². The van der Waals surface area contributed by atoms with Gasteiger partial charge in [-0.2, -0.15) is 5.26 Å². The van der Waals surface area contributed by atoms with Gasteiger partial charge in [-0.05, 0) is 35.9 Å². The Balaban J connectivity index is 2.07. The quantitative estimate of drug-likeness (QED) is 0.586. The fraction of sp³-hybridized carbons (Fsp3) is 0.0476. The molecule has 0 aliphatic rings. The van der Waals surface area contributed by atoms with Crippen LogP contribution in [0.4, 0.5) is 0 Å². The van der Waals surface area contributed by atoms with Crippen LogP contribution in [0.15, 0.2) is 60.7 Å². The first kappa shape index (κ1) is 16.2. The molecular formula is C21H14ClN3O. The first-order valence-electron chi connectivity index (χ1n) is 8.08. The van der Waals surface area contributed by atoms with Crippen LogP contribution in [0.5, 0.6) is 0 Å². The van der Waals surface area contributed by atoms with Crippen LogP contribution < -0.4 is 5.73 Å². The molecule has 0 spiro atoms. The van der Waals surface area contributed by atoms with Gasteiger partial charge in [-0.15, -0.1) is 0 Å². The fourth-order valence-electron chi connectivity index (χ4n) is 3.43. The van der Waals surface area contributed by atoms with Crippen LogP contribution in [0.3, 0.4) is 0 Å². The Bertz CT molecular complexity index is 1220. The third kappa shape index (κ3) is 2.50. The van der Waals surface area contributed by atoms with Gasteiger partial charge in [-0.1, -0.05) is 41.9 Å². The Morgan fingerprint density at radius 1 is 1.08 bits per heavy atom. The standard InChI is InChI=1S/C21H14ClN3O/c22-15-8-9-16-19(10-15)25(12-14-5-2-1-4-13(14)11-23)18-7-3-6-17(20(16)18)21(24)26/h1-10H,12H2,(H2,24,26). The summed E-state index contributed by atoms with van der Waals surface area (Å²) in [5, 5.41) is 11.7. The molecule has 0 bridgehead atoms. The second-order valence-corrected chi connectivity index (χ2v) is 6.52. The highest BCUT2D eigenvalue weighted by Crippen LogP contribution is 2.34. The fourth-order valence-corrected chi connectivity index (χ4v) is 3.60. The SMILES string of the molecule is N#Cc1ccccc1Cn1c2cc(Cl)ccc2c2c(C(N)=O)cccc21. The van der Waals surface area contributed by atoms with E-state index in [1.807, 2.05) is 42.5 Å². The maximum Gasteiger partial charge on any atom is 0.249 e. The number of hydrogen-bond acceptors (Lipinski definition) is 2. The number of amides is 1. The molecule has 0 unspecified atom stereocenters. The Morgan fingerprint density at radius 3 is 2.65 bits per heavy atom. The zero-order valence-corrected chi connectivity index (χ0v) is 14.5. The molecule has 0 saturated carbocycles. The Labute approximate surface area is 155 Å². The van der Waals surface area contributed by atoms with Crippen molar-refractivity contribution in [2.24, 2.45) is 5.73 Å². The number of hydrogen-bond donors (Lipinski definition) is 1. The Hall–Kier alpha value is -3.29. The van der Waals surface area contributed by atoms with E-state index in [-0.39, 0.29) is 0 Å². The summed E-state index contributed by atoms with van der Waals surface area (Å²) in [6.45, 7) is 0.492. The largest absolute Gasteiger partial charge is 0.366 e. The van der Waals surface area contributed by atoms with Crippen molar-refractivity contribution in [3.8, 4) is 6.07 Å². The molecule has 2 N–H and O–H groups in total. The molecule has 4 rings (SSSR count). The van der Waals surface area contributed by atoms with Gasteiger partial charge in [0, 0.05) is 27.9 Å². The molecule has 0 atom stereocenters. The lowest BCUT2D eigenvalue weighted by molar-refractivity contribution is 0.100. The van der Waals surface area contributed by atoms with Crippen LogP contribution >= 0.6 is 11.6 Å². The summed E-state index contributed by atoms with van der Waals surface area (Å²) in [4.78, 5) is 11.9. The van der Waals surface area contributed by atoms with E-state index in [2.05, 4.69) is 10.6 Å². The number of nitrogens with two attached hydrogens (primary N) is 1. The molecule has 1 heterocycles. The summed E-state index contributed by atoms with van der Waals surface area (Å²) in [7, 11) is 0. The van der Waals surface area contributed by atoms with E-state index in [1.165, 1.54) is 0 Å². The van der Waals surface area contributed by atoms with Crippen LogP contribution in [-0.4, -0.2) is 10.5 Å². The second kappa shape index (κ2) is 6.21. The lowest BCUT2D eigenvalue weighted by Gasteiger charge is -2.09. The number of benzene rings is 3. The lowest BCUT2D eigenvalue weighted by atomic mass is 10.1. The zero-order chi connectivity index (χ0) is 18.3. The third-order valence-electron chi connectivity index (χ3n) is 4.58. The molecule has 1 amide bonds. The summed E-state index contributed by atoms with van der Waals surface area (Å²) in [5.74, 6) is -0.470. The van der Waals surface area contributed by atoms with Crippen molar-refractivity contribution < 1.29 is 4.79 Å². The minimum absolute atomic E-state index is 0.470. The van der Waals surface area contributed by atoms with E-state index in [4.69, 9.17) is 17.3 Å². The van der Waals surface area contributed by atoms with Crippen LogP contribution in [0.2, 0.25) is 5.02 Å². The lowest BCUT2D eigenvalue weighted by Crippen LogP contribution is -2.11. The minimum atomic E-state index is -0.470. The molecule has 26 heavy (non-hydrogen) atoms. The molecule has 126 valence electrons. The van der Waals surface area contributed by atoms with Gasteiger partial charge in [-0.25, -0.2) is 0 Å². The molecule has 4 nitrogen and oxygen atoms in total. The summed E-state index contributed by atoms with van der Waals surface area (Å²) < 4.78 is 2.07. The van der Waals surface area contributed by atoms with E-state index in [1.54, 1.807) is 18.2 Å². The first-order valence-corrected chi connectivity index (χ1v) is 8.46. The van der Waals surface area contributed by atoms with Crippen molar-refractivity contribution in [3.05, 3.63) is 82.4 Å². The minimum Gasteiger partial charge on any atom is -0.366 e. The van der Waals surface area contributed by atoms with Gasteiger partial charge >= 0.3 is 0 Å². The van der Waals surface area contributed by atoms with Crippen molar-refractivity contribution in [1.82, 2.24) is 4.57 Å². The van der Waals surface area contributed by atoms with Gasteiger partial charge in [0.25, 0.3) is 0 Å². The molecule has 1 aromatic heterocycles. The molecule has 3 aromatic carbocycles. The number of carbonyl (C=O) groups is 1. The topological polar surface area (TPSA) is 71.8 Å². The average molecular weight is 360 g/mol. The van der Waals surface area contributed by atoms with E-state index in [9.17, 15) is 10.1 Å². The van der Waals surface area contributed by atoms with Gasteiger partial charge in [0.05, 0.1) is 22.7 Å². The highest BCUT2D eigenvalue weighted by atomic mass is 35.5. The molecule has 0 fully saturated rings. The molecule has 4 aromatic rings. The van der Waals surface area contributed by atoms with Crippen molar-refractivity contribution in [3.63, 3.8) is 0 Å². The normalized spacial score (nSPS) is 10.9. The van der Waals surface area contributed by atoms with Crippen LogP contribution in [0.1, 0.15) is 21.5 Å². The van der Waals surface area contributed by atoms with Crippen LogP contribution in [0.25, 0.3) is 21.8 Å². The third-order valence-corrected chi connectivity index (χ3v) is 4.82. The number of carbonyl (C=O) groups excluding carboxylic acids is 1. The number of aromatic nitrogens is 1. The number of nitriles is 1. The highest BCUT2D eigenvalue weighted by Gasteiger charge is 2.17. The number of halogens is 1. The van der Waals surface area contributed by atoms with Crippen LogP contribution in [-0.2, 0) is 6.54 Å². The number of fused-ring (bicyclic) bond motifs is 3. The maximum atomic E-state index is 11.9. The number of nitrogens with zero attached hydrogens (tertiary/aromatic N) is 2. The maximum absolute atomic E-state index is 11.9. The van der Waals surface area contributed by atoms with Crippen molar-refractivity contribution in [1.29, 1.82) is 5.26 Å². The van der Waals surface area contributed by atoms with Gasteiger partial charge in [0.1, 0.15) is 0 Å². The van der Waals surface area contributed by atoms with Crippen LogP contribution in [0, 0.1) is 11.3 Å².